The van der Waals surface area contributed by atoms with E-state index in [-0.39, 0.29) is 11.8 Å². The number of hydrogen-bond donors (Lipinski definition) is 0. The van der Waals surface area contributed by atoms with Gasteiger partial charge in [-0.1, -0.05) is 17.7 Å². The van der Waals surface area contributed by atoms with Crippen molar-refractivity contribution in [1.82, 2.24) is 0 Å². The summed E-state index contributed by atoms with van der Waals surface area (Å²) >= 11 is 5.28. The first-order chi connectivity index (χ1) is 5.74. The third-order valence-corrected chi connectivity index (χ3v) is 1.36. The van der Waals surface area contributed by atoms with Crippen LogP contribution in [0.3, 0.4) is 0 Å². The average molecular weight is 188 g/mol. The Labute approximate surface area is 73.9 Å². The number of ether oxygens (including phenoxy) is 1. The predicted octanol–water partition coefficient (Wildman–Crippen LogP) is 2.17. The molecular formula is C7H6ClNO3. The molecule has 0 aliphatic rings. The fourth-order valence-corrected chi connectivity index (χ4v) is 0.876. The first kappa shape index (κ1) is 8.80. The number of hydrogen-bond acceptors (Lipinski definition) is 3. The molecule has 0 N–H and O–H groups in total. The molecule has 12 heavy (non-hydrogen) atoms. The van der Waals surface area contributed by atoms with Gasteiger partial charge >= 0.3 is 0 Å². The van der Waals surface area contributed by atoms with Crippen molar-refractivity contribution in [2.75, 3.05) is 6.07 Å². The summed E-state index contributed by atoms with van der Waals surface area (Å²) in [5, 5.41) is 10.3. The number of benzene rings is 1. The molecule has 64 valence electrons. The molecule has 0 fully saturated rings. The number of non-ortho nitro benzene ring substituents is 1. The van der Waals surface area contributed by atoms with Crippen molar-refractivity contribution in [3.8, 4) is 5.75 Å². The summed E-state index contributed by atoms with van der Waals surface area (Å²) in [5.41, 5.74) is -0.00221. The Morgan fingerprint density at radius 3 is 2.92 bits per heavy atom. The third kappa shape index (κ3) is 2.10. The molecule has 0 aliphatic carbocycles. The smallest absolute Gasteiger partial charge is 0.273 e. The van der Waals surface area contributed by atoms with E-state index >= 15 is 0 Å². The van der Waals surface area contributed by atoms with Crippen molar-refractivity contribution in [2.45, 2.75) is 0 Å². The lowest BCUT2D eigenvalue weighted by Crippen LogP contribution is -1.91. The van der Waals surface area contributed by atoms with Gasteiger partial charge in [-0.15, -0.1) is 0 Å². The number of nitro benzene ring substituents is 1. The predicted molar refractivity (Wildman–Crippen MR) is 44.4 cm³/mol. The minimum atomic E-state index is -0.485. The van der Waals surface area contributed by atoms with Crippen LogP contribution in [0.5, 0.6) is 5.75 Å². The van der Waals surface area contributed by atoms with Crippen LogP contribution in [0.1, 0.15) is 0 Å². The van der Waals surface area contributed by atoms with Gasteiger partial charge in [-0.2, -0.15) is 0 Å². The van der Waals surface area contributed by atoms with Gasteiger partial charge in [0.2, 0.25) is 0 Å². The van der Waals surface area contributed by atoms with Gasteiger partial charge in [0, 0.05) is 6.07 Å². The second-order valence-corrected chi connectivity index (χ2v) is 2.23. The van der Waals surface area contributed by atoms with Crippen LogP contribution >= 0.6 is 11.6 Å². The molecule has 4 nitrogen and oxygen atoms in total. The number of nitro groups is 1. The van der Waals surface area contributed by atoms with E-state index in [1.165, 1.54) is 12.1 Å². The molecule has 0 saturated heterocycles. The highest BCUT2D eigenvalue weighted by Crippen LogP contribution is 2.18. The van der Waals surface area contributed by atoms with Gasteiger partial charge in [0.15, 0.2) is 6.07 Å². The Bertz CT molecular complexity index is 290. The summed E-state index contributed by atoms with van der Waals surface area (Å²) in [4.78, 5) is 9.79. The number of halogens is 1. The lowest BCUT2D eigenvalue weighted by Gasteiger charge is -1.99. The summed E-state index contributed by atoms with van der Waals surface area (Å²) in [6.07, 6.45) is 0. The maximum absolute atomic E-state index is 10.3. The second-order valence-electron chi connectivity index (χ2n) is 2.01. The van der Waals surface area contributed by atoms with Crippen LogP contribution in [-0.2, 0) is 0 Å². The van der Waals surface area contributed by atoms with Crippen LogP contribution in [0.4, 0.5) is 5.69 Å². The zero-order valence-corrected chi connectivity index (χ0v) is 6.82. The zero-order valence-electron chi connectivity index (χ0n) is 6.07. The van der Waals surface area contributed by atoms with E-state index in [1.807, 2.05) is 0 Å². The van der Waals surface area contributed by atoms with Gasteiger partial charge in [-0.05, 0) is 6.07 Å². The molecule has 0 saturated carbocycles. The van der Waals surface area contributed by atoms with Crippen LogP contribution in [-0.4, -0.2) is 11.0 Å². The van der Waals surface area contributed by atoms with E-state index in [1.54, 1.807) is 12.1 Å². The highest BCUT2D eigenvalue weighted by Gasteiger charge is 2.05. The van der Waals surface area contributed by atoms with E-state index in [0.29, 0.717) is 5.75 Å². The lowest BCUT2D eigenvalue weighted by atomic mass is 10.3. The Kier molecular flexibility index (Phi) is 2.88. The fraction of sp³-hybridized carbons (Fsp3) is 0.143. The molecule has 0 spiro atoms. The molecule has 0 amide bonds. The van der Waals surface area contributed by atoms with Gasteiger partial charge in [-0.3, -0.25) is 10.1 Å². The molecule has 1 rings (SSSR count). The molecule has 0 aliphatic heterocycles. The summed E-state index contributed by atoms with van der Waals surface area (Å²) in [5.74, 6) is 0.402. The van der Waals surface area contributed by atoms with Crippen LogP contribution in [0.15, 0.2) is 24.3 Å². The second kappa shape index (κ2) is 3.92. The van der Waals surface area contributed by atoms with Gasteiger partial charge in [-0.25, -0.2) is 0 Å². The maximum Gasteiger partial charge on any atom is 0.273 e. The van der Waals surface area contributed by atoms with Crippen molar-refractivity contribution in [3.05, 3.63) is 34.4 Å². The molecule has 5 heteroatoms. The van der Waals surface area contributed by atoms with Crippen LogP contribution in [0.2, 0.25) is 0 Å². The SMILES string of the molecule is O=[N+]([O-])c1cccc(OCCl)c1. The van der Waals surface area contributed by atoms with Crippen LogP contribution in [0.25, 0.3) is 0 Å². The molecule has 1 aromatic carbocycles. The van der Waals surface area contributed by atoms with E-state index in [9.17, 15) is 10.1 Å². The van der Waals surface area contributed by atoms with Crippen molar-refractivity contribution >= 4 is 17.3 Å². The quantitative estimate of drug-likeness (QED) is 0.414. The number of rotatable bonds is 3. The lowest BCUT2D eigenvalue weighted by molar-refractivity contribution is -0.384. The van der Waals surface area contributed by atoms with Crippen molar-refractivity contribution in [2.24, 2.45) is 0 Å². The van der Waals surface area contributed by atoms with Crippen molar-refractivity contribution < 1.29 is 9.66 Å². The van der Waals surface area contributed by atoms with Crippen LogP contribution < -0.4 is 4.74 Å². The molecule has 0 atom stereocenters. The van der Waals surface area contributed by atoms with Gasteiger partial charge in [0.05, 0.1) is 11.0 Å². The van der Waals surface area contributed by atoms with E-state index in [4.69, 9.17) is 16.3 Å². The summed E-state index contributed by atoms with van der Waals surface area (Å²) in [6.45, 7) is 0. The normalized spacial score (nSPS) is 9.42. The summed E-state index contributed by atoms with van der Waals surface area (Å²) < 4.78 is 4.86. The highest BCUT2D eigenvalue weighted by molar-refractivity contribution is 6.17. The highest BCUT2D eigenvalue weighted by atomic mass is 35.5. The molecule has 1 aromatic rings. The maximum atomic E-state index is 10.3. The molecule has 0 bridgehead atoms. The van der Waals surface area contributed by atoms with E-state index < -0.39 is 4.92 Å². The average Bonchev–Trinajstić information content (AvgIpc) is 2.05. The first-order valence-electron chi connectivity index (χ1n) is 3.17. The molecular weight excluding hydrogens is 182 g/mol. The van der Waals surface area contributed by atoms with Gasteiger partial charge < -0.3 is 4.74 Å². The number of alkyl halides is 1. The largest absolute Gasteiger partial charge is 0.478 e. The standard InChI is InChI=1S/C7H6ClNO3/c8-5-12-7-3-1-2-6(4-7)9(10)11/h1-4H,5H2. The minimum Gasteiger partial charge on any atom is -0.478 e. The zero-order chi connectivity index (χ0) is 8.97. The van der Waals surface area contributed by atoms with Gasteiger partial charge in [0.1, 0.15) is 5.75 Å². The minimum absolute atomic E-state index is 0.00221. The Balaban J connectivity index is 2.88. The molecule has 0 aromatic heterocycles. The van der Waals surface area contributed by atoms with Crippen LogP contribution in [0, 0.1) is 10.1 Å². The summed E-state index contributed by atoms with van der Waals surface area (Å²) in [6, 6.07) is 5.85. The van der Waals surface area contributed by atoms with E-state index in [2.05, 4.69) is 0 Å². The first-order valence-corrected chi connectivity index (χ1v) is 3.70. The summed E-state index contributed by atoms with van der Waals surface area (Å²) in [7, 11) is 0. The van der Waals surface area contributed by atoms with Crippen molar-refractivity contribution in [1.29, 1.82) is 0 Å². The topological polar surface area (TPSA) is 52.4 Å². The Morgan fingerprint density at radius 1 is 1.58 bits per heavy atom. The molecule has 0 heterocycles. The number of nitrogens with zero attached hydrogens (tertiary/aromatic N) is 1. The van der Waals surface area contributed by atoms with Crippen molar-refractivity contribution in [3.63, 3.8) is 0 Å². The fourth-order valence-electron chi connectivity index (χ4n) is 0.750. The Morgan fingerprint density at radius 2 is 2.33 bits per heavy atom. The third-order valence-electron chi connectivity index (χ3n) is 1.25. The Hall–Kier alpha value is -1.29. The molecule has 0 unspecified atom stereocenters. The van der Waals surface area contributed by atoms with Gasteiger partial charge in [0.25, 0.3) is 5.69 Å². The monoisotopic (exact) mass is 187 g/mol. The molecule has 0 radical (unpaired) electrons. The van der Waals surface area contributed by atoms with E-state index in [0.717, 1.165) is 0 Å².